The maximum absolute atomic E-state index is 10.6. The second kappa shape index (κ2) is 3.62. The third-order valence-electron chi connectivity index (χ3n) is 2.45. The van der Waals surface area contributed by atoms with Gasteiger partial charge in [-0.1, -0.05) is 6.07 Å². The summed E-state index contributed by atoms with van der Waals surface area (Å²) in [5, 5.41) is 20.5. The average molecular weight is 202 g/mol. The molecule has 0 aliphatic heterocycles. The number of rotatable bonds is 3. The molecule has 0 radical (unpaired) electrons. The van der Waals surface area contributed by atoms with Crippen molar-refractivity contribution in [3.63, 3.8) is 0 Å². The third-order valence-corrected chi connectivity index (χ3v) is 2.45. The van der Waals surface area contributed by atoms with Crippen LogP contribution in [-0.2, 0) is 4.79 Å². The van der Waals surface area contributed by atoms with E-state index in [1.165, 1.54) is 0 Å². The van der Waals surface area contributed by atoms with E-state index in [4.69, 9.17) is 10.4 Å². The van der Waals surface area contributed by atoms with Gasteiger partial charge in [-0.2, -0.15) is 5.26 Å². The van der Waals surface area contributed by atoms with Crippen LogP contribution in [0.4, 0.5) is 5.69 Å². The number of aliphatic carboxylic acids is 1. The van der Waals surface area contributed by atoms with Crippen molar-refractivity contribution in [3.8, 4) is 6.07 Å². The summed E-state index contributed by atoms with van der Waals surface area (Å²) in [5.41, 5.74) is 1.38. The molecule has 15 heavy (non-hydrogen) atoms. The molecular formula is C11H10N2O2. The first kappa shape index (κ1) is 9.53. The van der Waals surface area contributed by atoms with E-state index < -0.39 is 5.97 Å². The molecule has 0 saturated heterocycles. The van der Waals surface area contributed by atoms with Gasteiger partial charge in [-0.3, -0.25) is 4.79 Å². The van der Waals surface area contributed by atoms with E-state index in [0.29, 0.717) is 12.0 Å². The highest BCUT2D eigenvalue weighted by Gasteiger charge is 2.43. The molecule has 0 heterocycles. The van der Waals surface area contributed by atoms with Gasteiger partial charge in [0.05, 0.1) is 17.6 Å². The van der Waals surface area contributed by atoms with E-state index in [0.717, 1.165) is 5.69 Å². The summed E-state index contributed by atoms with van der Waals surface area (Å²) in [5.74, 6) is -1.04. The van der Waals surface area contributed by atoms with Crippen molar-refractivity contribution in [3.05, 3.63) is 29.8 Å². The molecule has 2 atom stereocenters. The first-order valence-electron chi connectivity index (χ1n) is 4.70. The van der Waals surface area contributed by atoms with Gasteiger partial charge in [-0.25, -0.2) is 0 Å². The molecule has 4 heteroatoms. The number of carbonyl (C=O) groups is 1. The maximum Gasteiger partial charge on any atom is 0.308 e. The Bertz CT molecular complexity index is 436. The molecule has 1 aromatic carbocycles. The summed E-state index contributed by atoms with van der Waals surface area (Å²) in [6.45, 7) is 0. The highest BCUT2D eigenvalue weighted by molar-refractivity contribution is 5.75. The van der Waals surface area contributed by atoms with Gasteiger partial charge in [0.1, 0.15) is 0 Å². The number of carboxylic acid groups (broad SMARTS) is 1. The molecule has 0 aromatic heterocycles. The summed E-state index contributed by atoms with van der Waals surface area (Å²) < 4.78 is 0. The molecule has 2 N–H and O–H groups in total. The fraction of sp³-hybridized carbons (Fsp3) is 0.273. The van der Waals surface area contributed by atoms with Crippen molar-refractivity contribution in [2.75, 3.05) is 5.32 Å². The quantitative estimate of drug-likeness (QED) is 0.777. The molecule has 1 aromatic rings. The normalized spacial score (nSPS) is 22.9. The molecule has 1 saturated carbocycles. The zero-order valence-corrected chi connectivity index (χ0v) is 7.97. The SMILES string of the molecule is N#Cc1cccc(NC2CC2C(=O)O)c1. The summed E-state index contributed by atoms with van der Waals surface area (Å²) in [4.78, 5) is 10.6. The van der Waals surface area contributed by atoms with Crippen LogP contribution in [0.1, 0.15) is 12.0 Å². The Morgan fingerprint density at radius 3 is 3.00 bits per heavy atom. The van der Waals surface area contributed by atoms with E-state index in [-0.39, 0.29) is 12.0 Å². The van der Waals surface area contributed by atoms with Crippen LogP contribution < -0.4 is 5.32 Å². The lowest BCUT2D eigenvalue weighted by Gasteiger charge is -2.04. The maximum atomic E-state index is 10.6. The molecule has 1 aliphatic rings. The van der Waals surface area contributed by atoms with Gasteiger partial charge in [-0.15, -0.1) is 0 Å². The van der Waals surface area contributed by atoms with Crippen molar-refractivity contribution >= 4 is 11.7 Å². The highest BCUT2D eigenvalue weighted by atomic mass is 16.4. The van der Waals surface area contributed by atoms with Crippen LogP contribution in [0.3, 0.4) is 0 Å². The Kier molecular flexibility index (Phi) is 2.30. The largest absolute Gasteiger partial charge is 0.481 e. The number of nitrogens with zero attached hydrogens (tertiary/aromatic N) is 1. The number of anilines is 1. The standard InChI is InChI=1S/C11H10N2O2/c12-6-7-2-1-3-8(4-7)13-10-5-9(10)11(14)15/h1-4,9-10,13H,5H2,(H,14,15). The van der Waals surface area contributed by atoms with Crippen LogP contribution in [0.25, 0.3) is 0 Å². The van der Waals surface area contributed by atoms with Crippen molar-refractivity contribution in [2.24, 2.45) is 5.92 Å². The first-order chi connectivity index (χ1) is 7.20. The zero-order valence-electron chi connectivity index (χ0n) is 7.97. The lowest BCUT2D eigenvalue weighted by Crippen LogP contribution is -2.10. The molecule has 0 amide bonds. The van der Waals surface area contributed by atoms with Crippen molar-refractivity contribution in [1.29, 1.82) is 5.26 Å². The predicted octanol–water partition coefficient (Wildman–Crippen LogP) is 1.44. The van der Waals surface area contributed by atoms with Crippen molar-refractivity contribution in [2.45, 2.75) is 12.5 Å². The molecule has 4 nitrogen and oxygen atoms in total. The Balaban J connectivity index is 2.01. The van der Waals surface area contributed by atoms with Crippen LogP contribution in [0.15, 0.2) is 24.3 Å². The number of nitrogens with one attached hydrogen (secondary N) is 1. The Hall–Kier alpha value is -2.02. The highest BCUT2D eigenvalue weighted by Crippen LogP contribution is 2.33. The smallest absolute Gasteiger partial charge is 0.308 e. The molecule has 76 valence electrons. The number of nitriles is 1. The second-order valence-electron chi connectivity index (χ2n) is 3.62. The Morgan fingerprint density at radius 1 is 1.60 bits per heavy atom. The molecule has 2 rings (SSSR count). The minimum absolute atomic E-state index is 0.0106. The lowest BCUT2D eigenvalue weighted by molar-refractivity contribution is -0.138. The van der Waals surface area contributed by atoms with Gasteiger partial charge >= 0.3 is 5.97 Å². The summed E-state index contributed by atoms with van der Waals surface area (Å²) in [6.07, 6.45) is 0.659. The van der Waals surface area contributed by atoms with Gasteiger partial charge in [-0.05, 0) is 24.6 Å². The number of hydrogen-bond donors (Lipinski definition) is 2. The van der Waals surface area contributed by atoms with Crippen LogP contribution in [0, 0.1) is 17.2 Å². The fourth-order valence-corrected chi connectivity index (χ4v) is 1.52. The van der Waals surface area contributed by atoms with Crippen LogP contribution in [-0.4, -0.2) is 17.1 Å². The minimum atomic E-state index is -0.760. The van der Waals surface area contributed by atoms with Crippen molar-refractivity contribution < 1.29 is 9.90 Å². The van der Waals surface area contributed by atoms with E-state index >= 15 is 0 Å². The number of carboxylic acids is 1. The molecule has 2 unspecified atom stereocenters. The number of benzene rings is 1. The second-order valence-corrected chi connectivity index (χ2v) is 3.62. The van der Waals surface area contributed by atoms with E-state index in [2.05, 4.69) is 5.32 Å². The van der Waals surface area contributed by atoms with Gasteiger partial charge < -0.3 is 10.4 Å². The summed E-state index contributed by atoms with van der Waals surface area (Å²) in [6, 6.07) is 9.09. The molecule has 0 bridgehead atoms. The van der Waals surface area contributed by atoms with E-state index in [9.17, 15) is 4.79 Å². The van der Waals surface area contributed by atoms with E-state index in [1.54, 1.807) is 18.2 Å². The van der Waals surface area contributed by atoms with Crippen molar-refractivity contribution in [1.82, 2.24) is 0 Å². The molecular weight excluding hydrogens is 192 g/mol. The lowest BCUT2D eigenvalue weighted by atomic mass is 10.2. The van der Waals surface area contributed by atoms with E-state index in [1.807, 2.05) is 12.1 Å². The van der Waals surface area contributed by atoms with Gasteiger partial charge in [0.25, 0.3) is 0 Å². The van der Waals surface area contributed by atoms with Gasteiger partial charge in [0, 0.05) is 11.7 Å². The average Bonchev–Trinajstić information content (AvgIpc) is 2.98. The number of hydrogen-bond acceptors (Lipinski definition) is 3. The monoisotopic (exact) mass is 202 g/mol. The Morgan fingerprint density at radius 2 is 2.40 bits per heavy atom. The van der Waals surface area contributed by atoms with Crippen LogP contribution in [0.2, 0.25) is 0 Å². The third kappa shape index (κ3) is 2.08. The fourth-order valence-electron chi connectivity index (χ4n) is 1.52. The zero-order chi connectivity index (χ0) is 10.8. The predicted molar refractivity (Wildman–Crippen MR) is 54.3 cm³/mol. The molecule has 1 fully saturated rings. The summed E-state index contributed by atoms with van der Waals surface area (Å²) in [7, 11) is 0. The summed E-state index contributed by atoms with van der Waals surface area (Å²) >= 11 is 0. The first-order valence-corrected chi connectivity index (χ1v) is 4.70. The Labute approximate surface area is 87.1 Å². The molecule has 1 aliphatic carbocycles. The topological polar surface area (TPSA) is 73.1 Å². The van der Waals surface area contributed by atoms with Crippen LogP contribution >= 0.6 is 0 Å². The van der Waals surface area contributed by atoms with Gasteiger partial charge in [0.15, 0.2) is 0 Å². The van der Waals surface area contributed by atoms with Crippen LogP contribution in [0.5, 0.6) is 0 Å². The minimum Gasteiger partial charge on any atom is -0.481 e. The molecule has 0 spiro atoms. The van der Waals surface area contributed by atoms with Gasteiger partial charge in [0.2, 0.25) is 0 Å².